The molecule has 20 heavy (non-hydrogen) atoms. The number of piperidine rings is 1. The molecule has 0 aromatic heterocycles. The number of halogens is 2. The first-order chi connectivity index (χ1) is 9.56. The molecule has 1 aliphatic heterocycles. The van der Waals surface area contributed by atoms with Crippen LogP contribution in [0.1, 0.15) is 37.8 Å². The van der Waals surface area contributed by atoms with E-state index in [2.05, 4.69) is 10.6 Å². The van der Waals surface area contributed by atoms with Gasteiger partial charge in [-0.2, -0.15) is 0 Å². The normalized spacial score (nSPS) is 17.8. The van der Waals surface area contributed by atoms with Gasteiger partial charge >= 0.3 is 0 Å². The molecular formula is C15H20F2N2O. The molecule has 1 fully saturated rings. The number of rotatable bonds is 4. The van der Waals surface area contributed by atoms with Gasteiger partial charge in [-0.15, -0.1) is 0 Å². The zero-order valence-corrected chi connectivity index (χ0v) is 11.6. The Bertz CT molecular complexity index is 473. The molecule has 1 unspecified atom stereocenters. The third kappa shape index (κ3) is 4.00. The summed E-state index contributed by atoms with van der Waals surface area (Å²) in [5.41, 5.74) is 0.572. The molecule has 1 amide bonds. The molecule has 1 saturated heterocycles. The first-order valence-corrected chi connectivity index (χ1v) is 7.01. The van der Waals surface area contributed by atoms with Gasteiger partial charge in [-0.3, -0.25) is 4.79 Å². The average Bonchev–Trinajstić information content (AvgIpc) is 2.42. The third-order valence-electron chi connectivity index (χ3n) is 3.75. The summed E-state index contributed by atoms with van der Waals surface area (Å²) in [6.07, 6.45) is 2.51. The molecule has 1 aliphatic rings. The Morgan fingerprint density at radius 3 is 2.70 bits per heavy atom. The highest BCUT2D eigenvalue weighted by atomic mass is 19.2. The zero-order chi connectivity index (χ0) is 14.5. The number of nitrogens with one attached hydrogen (secondary N) is 2. The van der Waals surface area contributed by atoms with Crippen LogP contribution in [-0.4, -0.2) is 19.0 Å². The highest BCUT2D eigenvalue weighted by Crippen LogP contribution is 2.19. The largest absolute Gasteiger partial charge is 0.350 e. The lowest BCUT2D eigenvalue weighted by atomic mass is 9.94. The van der Waals surface area contributed by atoms with Crippen LogP contribution in [-0.2, 0) is 4.79 Å². The second kappa shape index (κ2) is 6.79. The van der Waals surface area contributed by atoms with Crippen LogP contribution in [0.2, 0.25) is 0 Å². The monoisotopic (exact) mass is 282 g/mol. The molecule has 1 aromatic rings. The number of carbonyl (C=O) groups is 1. The van der Waals surface area contributed by atoms with Crippen LogP contribution in [0.25, 0.3) is 0 Å². The second-order valence-electron chi connectivity index (χ2n) is 5.36. The van der Waals surface area contributed by atoms with Crippen LogP contribution in [0.4, 0.5) is 8.78 Å². The van der Waals surface area contributed by atoms with Crippen molar-refractivity contribution in [3.63, 3.8) is 0 Å². The van der Waals surface area contributed by atoms with Gasteiger partial charge in [0.25, 0.3) is 0 Å². The van der Waals surface area contributed by atoms with Crippen LogP contribution >= 0.6 is 0 Å². The van der Waals surface area contributed by atoms with Crippen molar-refractivity contribution in [1.82, 2.24) is 10.6 Å². The van der Waals surface area contributed by atoms with E-state index in [9.17, 15) is 13.6 Å². The van der Waals surface area contributed by atoms with Crippen LogP contribution in [0.15, 0.2) is 18.2 Å². The van der Waals surface area contributed by atoms with Gasteiger partial charge in [-0.05, 0) is 56.5 Å². The van der Waals surface area contributed by atoms with Gasteiger partial charge in [0, 0.05) is 6.42 Å². The number of carbonyl (C=O) groups excluding carboxylic acids is 1. The molecule has 5 heteroatoms. The SMILES string of the molecule is CC(NC(=O)CC1CCNCC1)c1ccc(F)c(F)c1. The number of amides is 1. The lowest BCUT2D eigenvalue weighted by Gasteiger charge is -2.23. The van der Waals surface area contributed by atoms with E-state index in [0.717, 1.165) is 38.1 Å². The van der Waals surface area contributed by atoms with E-state index in [0.29, 0.717) is 17.9 Å². The van der Waals surface area contributed by atoms with Crippen molar-refractivity contribution < 1.29 is 13.6 Å². The van der Waals surface area contributed by atoms with Crippen molar-refractivity contribution >= 4 is 5.91 Å². The minimum atomic E-state index is -0.887. The molecule has 2 rings (SSSR count). The summed E-state index contributed by atoms with van der Waals surface area (Å²) in [4.78, 5) is 11.9. The predicted octanol–water partition coefficient (Wildman–Crippen LogP) is 2.53. The van der Waals surface area contributed by atoms with Crippen molar-refractivity contribution in [2.45, 2.75) is 32.2 Å². The van der Waals surface area contributed by atoms with Crippen molar-refractivity contribution in [2.75, 3.05) is 13.1 Å². The summed E-state index contributed by atoms with van der Waals surface area (Å²) in [7, 11) is 0. The Balaban J connectivity index is 1.87. The fourth-order valence-electron chi connectivity index (χ4n) is 2.51. The molecule has 1 aromatic carbocycles. The summed E-state index contributed by atoms with van der Waals surface area (Å²) >= 11 is 0. The van der Waals surface area contributed by atoms with Crippen LogP contribution < -0.4 is 10.6 Å². The summed E-state index contributed by atoms with van der Waals surface area (Å²) in [6, 6.07) is 3.39. The van der Waals surface area contributed by atoms with Gasteiger partial charge in [0.15, 0.2) is 11.6 Å². The fourth-order valence-corrected chi connectivity index (χ4v) is 2.51. The molecule has 3 nitrogen and oxygen atoms in total. The van der Waals surface area contributed by atoms with E-state index in [-0.39, 0.29) is 11.9 Å². The molecule has 0 spiro atoms. The maximum absolute atomic E-state index is 13.2. The van der Waals surface area contributed by atoms with E-state index in [1.807, 2.05) is 0 Å². The first kappa shape index (κ1) is 14.9. The van der Waals surface area contributed by atoms with Crippen molar-refractivity contribution in [3.05, 3.63) is 35.4 Å². The summed E-state index contributed by atoms with van der Waals surface area (Å²) in [5.74, 6) is -1.38. The Morgan fingerprint density at radius 2 is 2.05 bits per heavy atom. The molecule has 0 radical (unpaired) electrons. The van der Waals surface area contributed by atoms with Gasteiger partial charge in [0.2, 0.25) is 5.91 Å². The lowest BCUT2D eigenvalue weighted by molar-refractivity contribution is -0.122. The minimum absolute atomic E-state index is 0.0332. The summed E-state index contributed by atoms with van der Waals surface area (Å²) in [6.45, 7) is 3.68. The van der Waals surface area contributed by atoms with Gasteiger partial charge in [-0.1, -0.05) is 6.07 Å². The lowest BCUT2D eigenvalue weighted by Crippen LogP contribution is -2.33. The van der Waals surface area contributed by atoms with E-state index in [4.69, 9.17) is 0 Å². The molecule has 2 N–H and O–H groups in total. The smallest absolute Gasteiger partial charge is 0.220 e. The highest BCUT2D eigenvalue weighted by molar-refractivity contribution is 5.76. The highest BCUT2D eigenvalue weighted by Gasteiger charge is 2.18. The Hall–Kier alpha value is -1.49. The molecule has 110 valence electrons. The molecule has 0 saturated carbocycles. The quantitative estimate of drug-likeness (QED) is 0.891. The zero-order valence-electron chi connectivity index (χ0n) is 11.6. The van der Waals surface area contributed by atoms with E-state index in [1.165, 1.54) is 6.07 Å². The third-order valence-corrected chi connectivity index (χ3v) is 3.75. The number of hydrogen-bond acceptors (Lipinski definition) is 2. The van der Waals surface area contributed by atoms with Crippen molar-refractivity contribution in [3.8, 4) is 0 Å². The van der Waals surface area contributed by atoms with Gasteiger partial charge < -0.3 is 10.6 Å². The standard InChI is InChI=1S/C15H20F2N2O/c1-10(12-2-3-13(16)14(17)9-12)19-15(20)8-11-4-6-18-7-5-11/h2-3,9-11,18H,4-8H2,1H3,(H,19,20). The maximum Gasteiger partial charge on any atom is 0.220 e. The molecular weight excluding hydrogens is 262 g/mol. The minimum Gasteiger partial charge on any atom is -0.350 e. The predicted molar refractivity (Wildman–Crippen MR) is 73.1 cm³/mol. The average molecular weight is 282 g/mol. The summed E-state index contributed by atoms with van der Waals surface area (Å²) in [5, 5.41) is 6.10. The second-order valence-corrected chi connectivity index (χ2v) is 5.36. The topological polar surface area (TPSA) is 41.1 Å². The van der Waals surface area contributed by atoms with Gasteiger partial charge in [-0.25, -0.2) is 8.78 Å². The Labute approximate surface area is 117 Å². The van der Waals surface area contributed by atoms with Gasteiger partial charge in [0.1, 0.15) is 0 Å². The van der Waals surface area contributed by atoms with Crippen molar-refractivity contribution in [1.29, 1.82) is 0 Å². The Morgan fingerprint density at radius 1 is 1.35 bits per heavy atom. The maximum atomic E-state index is 13.2. The van der Waals surface area contributed by atoms with Crippen LogP contribution in [0, 0.1) is 17.6 Å². The van der Waals surface area contributed by atoms with E-state index >= 15 is 0 Å². The molecule has 0 aliphatic carbocycles. The Kier molecular flexibility index (Phi) is 5.06. The molecule has 0 bridgehead atoms. The first-order valence-electron chi connectivity index (χ1n) is 7.01. The molecule has 1 heterocycles. The van der Waals surface area contributed by atoms with Crippen LogP contribution in [0.5, 0.6) is 0 Å². The van der Waals surface area contributed by atoms with Crippen LogP contribution in [0.3, 0.4) is 0 Å². The number of hydrogen-bond donors (Lipinski definition) is 2. The van der Waals surface area contributed by atoms with E-state index in [1.54, 1.807) is 6.92 Å². The van der Waals surface area contributed by atoms with E-state index < -0.39 is 11.6 Å². The van der Waals surface area contributed by atoms with Gasteiger partial charge in [0.05, 0.1) is 6.04 Å². The fraction of sp³-hybridized carbons (Fsp3) is 0.533. The molecule has 1 atom stereocenters. The number of benzene rings is 1. The van der Waals surface area contributed by atoms with Crippen molar-refractivity contribution in [2.24, 2.45) is 5.92 Å². The summed E-state index contributed by atoms with van der Waals surface area (Å²) < 4.78 is 26.0.